The third-order valence-corrected chi connectivity index (χ3v) is 12.3. The SMILES string of the molecule is c1ccc(-c2cccc(-c3ccc(N(c4ccc(-c5ccc6ccccc6c5)cc4)c4cccc5c4-c4ccccc4C5(c4ccccc4)c4ccccc4)cc3)c2)cc1. The second kappa shape index (κ2) is 14.9. The topological polar surface area (TPSA) is 3.24 Å². The first-order valence-electron chi connectivity index (χ1n) is 20.8. The van der Waals surface area contributed by atoms with Gasteiger partial charge >= 0.3 is 0 Å². The summed E-state index contributed by atoms with van der Waals surface area (Å²) in [5, 5.41) is 2.49. The molecule has 1 aliphatic carbocycles. The van der Waals surface area contributed by atoms with Gasteiger partial charge in [-0.15, -0.1) is 0 Å². The molecule has 10 aromatic carbocycles. The lowest BCUT2D eigenvalue weighted by Gasteiger charge is -2.34. The van der Waals surface area contributed by atoms with Crippen LogP contribution in [0.25, 0.3) is 55.3 Å². The fourth-order valence-corrected chi connectivity index (χ4v) is 9.57. The van der Waals surface area contributed by atoms with Crippen LogP contribution in [0.1, 0.15) is 22.3 Å². The fraction of sp³-hybridized carbons (Fsp3) is 0.0169. The van der Waals surface area contributed by atoms with Gasteiger partial charge in [0.05, 0.1) is 11.1 Å². The lowest BCUT2D eigenvalue weighted by molar-refractivity contribution is 0.768. The highest BCUT2D eigenvalue weighted by atomic mass is 15.1. The van der Waals surface area contributed by atoms with Crippen LogP contribution < -0.4 is 4.90 Å². The number of fused-ring (bicyclic) bond motifs is 4. The second-order valence-corrected chi connectivity index (χ2v) is 15.7. The molecule has 0 saturated carbocycles. The number of hydrogen-bond acceptors (Lipinski definition) is 1. The summed E-state index contributed by atoms with van der Waals surface area (Å²) in [5.41, 5.74) is 17.6. The predicted octanol–water partition coefficient (Wildman–Crippen LogP) is 15.7. The molecular formula is C59H41N. The lowest BCUT2D eigenvalue weighted by atomic mass is 9.68. The van der Waals surface area contributed by atoms with Gasteiger partial charge in [0.15, 0.2) is 0 Å². The maximum Gasteiger partial charge on any atom is 0.0714 e. The average Bonchev–Trinajstić information content (AvgIpc) is 3.64. The summed E-state index contributed by atoms with van der Waals surface area (Å²) in [4.78, 5) is 2.45. The smallest absolute Gasteiger partial charge is 0.0714 e. The van der Waals surface area contributed by atoms with Crippen LogP contribution in [0.15, 0.2) is 249 Å². The van der Waals surface area contributed by atoms with Gasteiger partial charge in [-0.25, -0.2) is 0 Å². The fourth-order valence-electron chi connectivity index (χ4n) is 9.57. The molecule has 60 heavy (non-hydrogen) atoms. The molecule has 0 unspecified atom stereocenters. The molecule has 0 bridgehead atoms. The zero-order valence-electron chi connectivity index (χ0n) is 33.1. The molecule has 0 aliphatic heterocycles. The van der Waals surface area contributed by atoms with E-state index >= 15 is 0 Å². The van der Waals surface area contributed by atoms with Gasteiger partial charge in [0.1, 0.15) is 0 Å². The Bertz CT molecular complexity index is 3070. The molecule has 0 fully saturated rings. The number of benzene rings is 10. The van der Waals surface area contributed by atoms with E-state index in [1.165, 1.54) is 77.5 Å². The highest BCUT2D eigenvalue weighted by Gasteiger charge is 2.47. The van der Waals surface area contributed by atoms with Crippen molar-refractivity contribution in [3.8, 4) is 44.5 Å². The van der Waals surface area contributed by atoms with E-state index in [-0.39, 0.29) is 0 Å². The number of hydrogen-bond donors (Lipinski definition) is 0. The molecule has 0 radical (unpaired) electrons. The standard InChI is InChI=1S/C59H41N/c1-4-16-42(17-5-1)47-20-14-21-48(40-47)44-32-36-52(37-33-44)60(53-38-34-45(35-39-53)49-31-30-43-18-10-11-19-46(43)41-49)57-29-15-28-56-58(57)54-26-12-13-27-55(54)59(56,50-22-6-2-7-23-50)51-24-8-3-9-25-51/h1-41H. The Kier molecular flexibility index (Phi) is 8.79. The van der Waals surface area contributed by atoms with Crippen molar-refractivity contribution in [1.82, 2.24) is 0 Å². The van der Waals surface area contributed by atoms with Crippen LogP contribution in [0.4, 0.5) is 17.1 Å². The second-order valence-electron chi connectivity index (χ2n) is 15.7. The van der Waals surface area contributed by atoms with Crippen LogP contribution in [0.3, 0.4) is 0 Å². The summed E-state index contributed by atoms with van der Waals surface area (Å²) in [6.07, 6.45) is 0. The van der Waals surface area contributed by atoms with Gasteiger partial charge in [-0.2, -0.15) is 0 Å². The van der Waals surface area contributed by atoms with Gasteiger partial charge in [-0.3, -0.25) is 0 Å². The molecular weight excluding hydrogens is 723 g/mol. The zero-order valence-corrected chi connectivity index (χ0v) is 33.1. The summed E-state index contributed by atoms with van der Waals surface area (Å²) >= 11 is 0. The van der Waals surface area contributed by atoms with Gasteiger partial charge in [-0.1, -0.05) is 206 Å². The molecule has 1 nitrogen and oxygen atoms in total. The number of rotatable bonds is 8. The Labute approximate surface area is 352 Å². The van der Waals surface area contributed by atoms with E-state index in [9.17, 15) is 0 Å². The molecule has 0 spiro atoms. The minimum Gasteiger partial charge on any atom is -0.310 e. The van der Waals surface area contributed by atoms with Crippen molar-refractivity contribution >= 4 is 27.8 Å². The minimum atomic E-state index is -0.496. The van der Waals surface area contributed by atoms with E-state index in [1.807, 2.05) is 0 Å². The van der Waals surface area contributed by atoms with Gasteiger partial charge < -0.3 is 4.90 Å². The van der Waals surface area contributed by atoms with E-state index in [1.54, 1.807) is 0 Å². The Morgan fingerprint density at radius 2 is 0.733 bits per heavy atom. The zero-order chi connectivity index (χ0) is 39.9. The Morgan fingerprint density at radius 3 is 1.37 bits per heavy atom. The predicted molar refractivity (Wildman–Crippen MR) is 252 cm³/mol. The first kappa shape index (κ1) is 35.4. The van der Waals surface area contributed by atoms with E-state index in [0.717, 1.165) is 17.1 Å². The normalized spacial score (nSPS) is 12.5. The van der Waals surface area contributed by atoms with E-state index in [2.05, 4.69) is 254 Å². The Hall–Kier alpha value is -7.74. The molecule has 0 saturated heterocycles. The van der Waals surface area contributed by atoms with Crippen LogP contribution in [0, 0.1) is 0 Å². The van der Waals surface area contributed by atoms with Crippen molar-refractivity contribution in [3.05, 3.63) is 271 Å². The number of nitrogens with zero attached hydrogens (tertiary/aromatic N) is 1. The molecule has 10 aromatic rings. The summed E-state index contributed by atoms with van der Waals surface area (Å²) in [6, 6.07) is 91.0. The summed E-state index contributed by atoms with van der Waals surface area (Å²) in [7, 11) is 0. The molecule has 0 aromatic heterocycles. The third-order valence-electron chi connectivity index (χ3n) is 12.3. The van der Waals surface area contributed by atoms with Crippen LogP contribution in [-0.4, -0.2) is 0 Å². The maximum atomic E-state index is 2.45. The lowest BCUT2D eigenvalue weighted by Crippen LogP contribution is -2.28. The van der Waals surface area contributed by atoms with Crippen LogP contribution in [0.5, 0.6) is 0 Å². The average molecular weight is 764 g/mol. The Balaban J connectivity index is 1.10. The van der Waals surface area contributed by atoms with E-state index in [0.29, 0.717) is 0 Å². The van der Waals surface area contributed by atoms with Crippen molar-refractivity contribution in [2.75, 3.05) is 4.90 Å². The first-order chi connectivity index (χ1) is 29.8. The van der Waals surface area contributed by atoms with Gasteiger partial charge in [0.25, 0.3) is 0 Å². The van der Waals surface area contributed by atoms with E-state index < -0.39 is 5.41 Å². The van der Waals surface area contributed by atoms with Gasteiger partial charge in [-0.05, 0) is 114 Å². The van der Waals surface area contributed by atoms with Crippen molar-refractivity contribution in [2.45, 2.75) is 5.41 Å². The van der Waals surface area contributed by atoms with Crippen molar-refractivity contribution in [3.63, 3.8) is 0 Å². The molecule has 1 aliphatic rings. The third kappa shape index (κ3) is 5.94. The van der Waals surface area contributed by atoms with Gasteiger partial charge in [0.2, 0.25) is 0 Å². The van der Waals surface area contributed by atoms with Crippen LogP contribution >= 0.6 is 0 Å². The van der Waals surface area contributed by atoms with Crippen molar-refractivity contribution in [1.29, 1.82) is 0 Å². The van der Waals surface area contributed by atoms with Crippen molar-refractivity contribution in [2.24, 2.45) is 0 Å². The molecule has 1 heteroatoms. The quantitative estimate of drug-likeness (QED) is 0.149. The largest absolute Gasteiger partial charge is 0.310 e. The Morgan fingerprint density at radius 1 is 0.283 bits per heavy atom. The molecule has 0 N–H and O–H groups in total. The maximum absolute atomic E-state index is 2.45. The van der Waals surface area contributed by atoms with E-state index in [4.69, 9.17) is 0 Å². The molecule has 11 rings (SSSR count). The summed E-state index contributed by atoms with van der Waals surface area (Å²) < 4.78 is 0. The highest BCUT2D eigenvalue weighted by Crippen LogP contribution is 2.59. The van der Waals surface area contributed by atoms with Crippen molar-refractivity contribution < 1.29 is 0 Å². The first-order valence-corrected chi connectivity index (χ1v) is 20.8. The molecule has 0 amide bonds. The summed E-state index contributed by atoms with van der Waals surface area (Å²) in [5.74, 6) is 0. The minimum absolute atomic E-state index is 0.496. The molecule has 282 valence electrons. The van der Waals surface area contributed by atoms with Gasteiger partial charge in [0, 0.05) is 16.9 Å². The summed E-state index contributed by atoms with van der Waals surface area (Å²) in [6.45, 7) is 0. The molecule has 0 heterocycles. The van der Waals surface area contributed by atoms with Crippen LogP contribution in [-0.2, 0) is 5.41 Å². The molecule has 0 atom stereocenters. The van der Waals surface area contributed by atoms with Crippen LogP contribution in [0.2, 0.25) is 0 Å². The number of anilines is 3. The highest BCUT2D eigenvalue weighted by molar-refractivity contribution is 5.98. The monoisotopic (exact) mass is 763 g/mol.